The Bertz CT molecular complexity index is 797. The molecule has 0 saturated carbocycles. The van der Waals surface area contributed by atoms with Gasteiger partial charge >= 0.3 is 12.3 Å². The van der Waals surface area contributed by atoms with E-state index in [0.717, 1.165) is 12.1 Å². The van der Waals surface area contributed by atoms with Crippen molar-refractivity contribution in [2.75, 3.05) is 0 Å². The Balaban J connectivity index is 2.10. The van der Waals surface area contributed by atoms with E-state index in [0.29, 0.717) is 0 Å². The molecule has 1 aromatic carbocycles. The molecule has 0 fully saturated rings. The summed E-state index contributed by atoms with van der Waals surface area (Å²) < 4.78 is 47.9. The molecule has 0 atom stereocenters. The van der Waals surface area contributed by atoms with E-state index in [9.17, 15) is 18.0 Å². The van der Waals surface area contributed by atoms with Gasteiger partial charge in [-0.2, -0.15) is 0 Å². The highest BCUT2D eigenvalue weighted by molar-refractivity contribution is 6.33. The molecule has 2 aromatic rings. The molecule has 0 spiro atoms. The summed E-state index contributed by atoms with van der Waals surface area (Å²) in [7, 11) is 0. The maximum absolute atomic E-state index is 13.8. The molecule has 1 aliphatic heterocycles. The monoisotopic (exact) mass is 331 g/mol. The van der Waals surface area contributed by atoms with Gasteiger partial charge in [0.15, 0.2) is 17.3 Å². The Labute approximate surface area is 125 Å². The SMILES string of the molecule is O=C(O)c1nc(-c2cc(F)c3c(c2)OC(F)(F)O3)ccc1Cl. The summed E-state index contributed by atoms with van der Waals surface area (Å²) in [4.78, 5) is 14.7. The smallest absolute Gasteiger partial charge is 0.476 e. The van der Waals surface area contributed by atoms with Gasteiger partial charge in [-0.05, 0) is 24.3 Å². The largest absolute Gasteiger partial charge is 0.586 e. The van der Waals surface area contributed by atoms with Crippen molar-refractivity contribution < 1.29 is 32.5 Å². The average Bonchev–Trinajstić information content (AvgIpc) is 2.74. The fourth-order valence-corrected chi connectivity index (χ4v) is 2.10. The number of halogens is 4. The van der Waals surface area contributed by atoms with Crippen LogP contribution >= 0.6 is 11.6 Å². The standard InChI is InChI=1S/C13H5ClF3NO4/c14-6-1-2-8(18-10(6)12(19)20)5-3-7(15)11-9(4-5)21-13(16,17)22-11/h1-4H,(H,19,20). The number of carboxylic acid groups (broad SMARTS) is 1. The van der Waals surface area contributed by atoms with Crippen LogP contribution in [0.4, 0.5) is 13.2 Å². The molecule has 0 amide bonds. The van der Waals surface area contributed by atoms with Gasteiger partial charge < -0.3 is 14.6 Å². The van der Waals surface area contributed by atoms with Crippen LogP contribution in [0.25, 0.3) is 11.3 Å². The minimum Gasteiger partial charge on any atom is -0.476 e. The zero-order valence-corrected chi connectivity index (χ0v) is 11.2. The average molecular weight is 332 g/mol. The van der Waals surface area contributed by atoms with Gasteiger partial charge in [-0.1, -0.05) is 11.6 Å². The summed E-state index contributed by atoms with van der Waals surface area (Å²) >= 11 is 5.68. The molecule has 5 nitrogen and oxygen atoms in total. The Hall–Kier alpha value is -2.48. The first-order chi connectivity index (χ1) is 10.3. The van der Waals surface area contributed by atoms with Crippen LogP contribution in [-0.4, -0.2) is 22.4 Å². The van der Waals surface area contributed by atoms with Gasteiger partial charge in [-0.3, -0.25) is 0 Å². The summed E-state index contributed by atoms with van der Waals surface area (Å²) in [5.41, 5.74) is -0.374. The zero-order chi connectivity index (χ0) is 16.1. The minimum atomic E-state index is -3.96. The third-order valence-corrected chi connectivity index (χ3v) is 3.11. The van der Waals surface area contributed by atoms with Crippen LogP contribution in [0.3, 0.4) is 0 Å². The zero-order valence-electron chi connectivity index (χ0n) is 10.4. The molecule has 1 aliphatic rings. The molecular weight excluding hydrogens is 327 g/mol. The van der Waals surface area contributed by atoms with E-state index in [-0.39, 0.29) is 16.3 Å². The molecular formula is C13H5ClF3NO4. The predicted molar refractivity (Wildman–Crippen MR) is 67.8 cm³/mol. The number of pyridine rings is 1. The van der Waals surface area contributed by atoms with Crippen molar-refractivity contribution >= 4 is 17.6 Å². The van der Waals surface area contributed by atoms with Gasteiger partial charge in [0, 0.05) is 5.56 Å². The first kappa shape index (κ1) is 14.5. The second-order valence-corrected chi connectivity index (χ2v) is 4.69. The van der Waals surface area contributed by atoms with Crippen molar-refractivity contribution in [3.8, 4) is 22.8 Å². The van der Waals surface area contributed by atoms with E-state index in [1.807, 2.05) is 0 Å². The summed E-state index contributed by atoms with van der Waals surface area (Å²) in [6, 6.07) is 4.53. The van der Waals surface area contributed by atoms with Crippen LogP contribution in [-0.2, 0) is 0 Å². The molecule has 1 N–H and O–H groups in total. The van der Waals surface area contributed by atoms with Gasteiger partial charge in [-0.25, -0.2) is 14.2 Å². The number of hydrogen-bond acceptors (Lipinski definition) is 4. The Morgan fingerprint density at radius 1 is 1.27 bits per heavy atom. The van der Waals surface area contributed by atoms with E-state index in [4.69, 9.17) is 16.7 Å². The maximum atomic E-state index is 13.8. The maximum Gasteiger partial charge on any atom is 0.586 e. The van der Waals surface area contributed by atoms with E-state index >= 15 is 0 Å². The number of aromatic nitrogens is 1. The summed E-state index contributed by atoms with van der Waals surface area (Å²) in [5, 5.41) is 8.84. The number of benzene rings is 1. The van der Waals surface area contributed by atoms with Crippen molar-refractivity contribution in [2.24, 2.45) is 0 Å². The highest BCUT2D eigenvalue weighted by atomic mass is 35.5. The van der Waals surface area contributed by atoms with Gasteiger partial charge in [0.1, 0.15) is 0 Å². The number of carboxylic acids is 1. The number of alkyl halides is 2. The molecule has 1 aromatic heterocycles. The second kappa shape index (κ2) is 4.77. The van der Waals surface area contributed by atoms with E-state index in [1.165, 1.54) is 12.1 Å². The third kappa shape index (κ3) is 2.41. The van der Waals surface area contributed by atoms with Crippen molar-refractivity contribution in [1.29, 1.82) is 0 Å². The number of nitrogens with zero attached hydrogens (tertiary/aromatic N) is 1. The lowest BCUT2D eigenvalue weighted by molar-refractivity contribution is -0.287. The molecule has 0 radical (unpaired) electrons. The van der Waals surface area contributed by atoms with Gasteiger partial charge in [0.2, 0.25) is 5.75 Å². The highest BCUT2D eigenvalue weighted by Gasteiger charge is 2.45. The van der Waals surface area contributed by atoms with E-state index < -0.39 is 35.3 Å². The fourth-order valence-electron chi connectivity index (χ4n) is 1.91. The molecule has 0 saturated heterocycles. The number of rotatable bonds is 2. The number of ether oxygens (including phenoxy) is 2. The third-order valence-electron chi connectivity index (χ3n) is 2.80. The highest BCUT2D eigenvalue weighted by Crippen LogP contribution is 2.44. The second-order valence-electron chi connectivity index (χ2n) is 4.28. The van der Waals surface area contributed by atoms with Gasteiger partial charge in [-0.15, -0.1) is 8.78 Å². The minimum absolute atomic E-state index is 0.0299. The summed E-state index contributed by atoms with van der Waals surface area (Å²) in [6.07, 6.45) is -3.96. The molecule has 0 unspecified atom stereocenters. The first-order valence-electron chi connectivity index (χ1n) is 5.76. The number of fused-ring (bicyclic) bond motifs is 1. The Morgan fingerprint density at radius 2 is 2.00 bits per heavy atom. The van der Waals surface area contributed by atoms with Crippen molar-refractivity contribution in [2.45, 2.75) is 6.29 Å². The lowest BCUT2D eigenvalue weighted by Gasteiger charge is -2.05. The lowest BCUT2D eigenvalue weighted by atomic mass is 10.1. The van der Waals surface area contributed by atoms with E-state index in [2.05, 4.69) is 14.5 Å². The molecule has 0 bridgehead atoms. The van der Waals surface area contributed by atoms with Crippen LogP contribution in [0.1, 0.15) is 10.5 Å². The van der Waals surface area contributed by atoms with E-state index in [1.54, 1.807) is 0 Å². The van der Waals surface area contributed by atoms with Crippen LogP contribution in [0.5, 0.6) is 11.5 Å². The quantitative estimate of drug-likeness (QED) is 0.911. The molecule has 0 aliphatic carbocycles. The topological polar surface area (TPSA) is 68.7 Å². The van der Waals surface area contributed by atoms with Crippen molar-refractivity contribution in [3.05, 3.63) is 40.8 Å². The van der Waals surface area contributed by atoms with Crippen LogP contribution in [0.15, 0.2) is 24.3 Å². The van der Waals surface area contributed by atoms with Crippen LogP contribution in [0, 0.1) is 5.82 Å². The summed E-state index contributed by atoms with van der Waals surface area (Å²) in [6.45, 7) is 0. The Kier molecular flexibility index (Phi) is 3.13. The number of carbonyl (C=O) groups is 1. The van der Waals surface area contributed by atoms with Crippen LogP contribution < -0.4 is 9.47 Å². The summed E-state index contributed by atoms with van der Waals surface area (Å²) in [5.74, 6) is -3.69. The molecule has 22 heavy (non-hydrogen) atoms. The molecule has 2 heterocycles. The van der Waals surface area contributed by atoms with Crippen molar-refractivity contribution in [3.63, 3.8) is 0 Å². The molecule has 9 heteroatoms. The van der Waals surface area contributed by atoms with Crippen LogP contribution in [0.2, 0.25) is 5.02 Å². The normalized spacial score (nSPS) is 14.9. The number of aromatic carboxylic acids is 1. The molecule has 3 rings (SSSR count). The molecule has 114 valence electrons. The number of hydrogen-bond donors (Lipinski definition) is 1. The van der Waals surface area contributed by atoms with Gasteiger partial charge in [0.25, 0.3) is 0 Å². The fraction of sp³-hybridized carbons (Fsp3) is 0.0769. The Morgan fingerprint density at radius 3 is 2.68 bits per heavy atom. The lowest BCUT2D eigenvalue weighted by Crippen LogP contribution is -2.26. The van der Waals surface area contributed by atoms with Gasteiger partial charge in [0.05, 0.1) is 10.7 Å². The van der Waals surface area contributed by atoms with Crippen molar-refractivity contribution in [1.82, 2.24) is 4.98 Å². The first-order valence-corrected chi connectivity index (χ1v) is 6.14. The predicted octanol–water partition coefficient (Wildman–Crippen LogP) is 3.56.